The number of nitrogens with zero attached hydrogens (tertiary/aromatic N) is 2. The van der Waals surface area contributed by atoms with E-state index in [-0.39, 0.29) is 22.8 Å². The molecule has 0 bridgehead atoms. The molecule has 0 radical (unpaired) electrons. The van der Waals surface area contributed by atoms with Gasteiger partial charge in [-0.2, -0.15) is 0 Å². The summed E-state index contributed by atoms with van der Waals surface area (Å²) in [6.45, 7) is 7.45. The molecule has 0 aliphatic carbocycles. The first kappa shape index (κ1) is 20.6. The number of aromatic amines is 1. The van der Waals surface area contributed by atoms with Crippen LogP contribution in [0.15, 0.2) is 34.2 Å². The van der Waals surface area contributed by atoms with Crippen molar-refractivity contribution in [2.45, 2.75) is 39.2 Å². The van der Waals surface area contributed by atoms with Crippen LogP contribution in [0.1, 0.15) is 38.6 Å². The maximum absolute atomic E-state index is 14.4. The second-order valence-corrected chi connectivity index (χ2v) is 7.37. The van der Waals surface area contributed by atoms with Crippen LogP contribution in [-0.4, -0.2) is 29.0 Å². The predicted molar refractivity (Wildman–Crippen MR) is 106 cm³/mol. The predicted octanol–water partition coefficient (Wildman–Crippen LogP) is 1.63. The van der Waals surface area contributed by atoms with Crippen molar-refractivity contribution >= 4 is 5.96 Å². The third kappa shape index (κ3) is 5.89. The zero-order valence-electron chi connectivity index (χ0n) is 16.0. The zero-order chi connectivity index (χ0) is 20.0. The zero-order valence-corrected chi connectivity index (χ0v) is 16.0. The third-order valence-electron chi connectivity index (χ3n) is 4.00. The van der Waals surface area contributed by atoms with Gasteiger partial charge in [-0.15, -0.1) is 0 Å². The number of benzene rings is 1. The molecular formula is C19H27FN6O. The van der Waals surface area contributed by atoms with Crippen LogP contribution in [0.2, 0.25) is 0 Å². The standard InChI is InChI=1S/C19H27FN6O/c1-19(2,3)17-25-11-14(16(27)26-17)12-5-6-13(15(20)9-12)10-23-7-4-8-24-18(21)22/h5-6,9,11,23H,4,7-8,10H2,1-3H3,(H4,21,22,24)(H,25,26,27). The summed E-state index contributed by atoms with van der Waals surface area (Å²) in [6.07, 6.45) is 2.24. The quantitative estimate of drug-likeness (QED) is 0.333. The molecule has 146 valence electrons. The van der Waals surface area contributed by atoms with Crippen molar-refractivity contribution in [1.29, 1.82) is 0 Å². The molecule has 1 heterocycles. The smallest absolute Gasteiger partial charge is 0.258 e. The first-order valence-electron chi connectivity index (χ1n) is 8.83. The van der Waals surface area contributed by atoms with Gasteiger partial charge in [0.1, 0.15) is 11.6 Å². The molecular weight excluding hydrogens is 347 g/mol. The van der Waals surface area contributed by atoms with Crippen molar-refractivity contribution in [2.24, 2.45) is 16.5 Å². The lowest BCUT2D eigenvalue weighted by molar-refractivity contribution is 0.543. The van der Waals surface area contributed by atoms with E-state index in [1.54, 1.807) is 12.1 Å². The van der Waals surface area contributed by atoms with Gasteiger partial charge in [-0.25, -0.2) is 9.37 Å². The van der Waals surface area contributed by atoms with Crippen molar-refractivity contribution < 1.29 is 4.39 Å². The van der Waals surface area contributed by atoms with E-state index < -0.39 is 0 Å². The van der Waals surface area contributed by atoms with Crippen LogP contribution in [0, 0.1) is 5.82 Å². The molecule has 0 amide bonds. The van der Waals surface area contributed by atoms with Gasteiger partial charge < -0.3 is 21.8 Å². The van der Waals surface area contributed by atoms with Gasteiger partial charge in [0, 0.05) is 30.3 Å². The molecule has 1 aromatic carbocycles. The van der Waals surface area contributed by atoms with E-state index in [2.05, 4.69) is 20.3 Å². The van der Waals surface area contributed by atoms with Crippen LogP contribution in [0.3, 0.4) is 0 Å². The molecule has 27 heavy (non-hydrogen) atoms. The van der Waals surface area contributed by atoms with Crippen LogP contribution in [0.4, 0.5) is 4.39 Å². The van der Waals surface area contributed by atoms with Crippen LogP contribution in [-0.2, 0) is 12.0 Å². The minimum atomic E-state index is -0.372. The Morgan fingerprint density at radius 2 is 2.07 bits per heavy atom. The SMILES string of the molecule is CC(C)(C)c1ncc(-c2ccc(CNCCCN=C(N)N)c(F)c2)c(=O)[nH]1. The fourth-order valence-electron chi connectivity index (χ4n) is 2.48. The average molecular weight is 374 g/mol. The second-order valence-electron chi connectivity index (χ2n) is 7.37. The number of rotatable bonds is 7. The summed E-state index contributed by atoms with van der Waals surface area (Å²) in [4.78, 5) is 23.3. The Balaban J connectivity index is 2.04. The Kier molecular flexibility index (Phi) is 6.68. The van der Waals surface area contributed by atoms with Crippen LogP contribution in [0.25, 0.3) is 11.1 Å². The number of H-pyrrole nitrogens is 1. The van der Waals surface area contributed by atoms with Crippen molar-refractivity contribution in [3.8, 4) is 11.1 Å². The van der Waals surface area contributed by atoms with E-state index in [4.69, 9.17) is 11.5 Å². The molecule has 0 saturated heterocycles. The number of nitrogens with one attached hydrogen (secondary N) is 2. The van der Waals surface area contributed by atoms with Gasteiger partial charge >= 0.3 is 0 Å². The van der Waals surface area contributed by atoms with Gasteiger partial charge in [0.05, 0.1) is 5.56 Å². The van der Waals surface area contributed by atoms with Crippen molar-refractivity contribution in [3.05, 3.63) is 52.0 Å². The molecule has 0 atom stereocenters. The first-order chi connectivity index (χ1) is 12.7. The number of halogens is 1. The first-order valence-corrected chi connectivity index (χ1v) is 8.83. The summed E-state index contributed by atoms with van der Waals surface area (Å²) in [5.41, 5.74) is 11.3. The molecule has 0 aliphatic heterocycles. The Bertz CT molecular complexity index is 865. The third-order valence-corrected chi connectivity index (χ3v) is 4.00. The van der Waals surface area contributed by atoms with E-state index >= 15 is 0 Å². The average Bonchev–Trinajstić information content (AvgIpc) is 2.58. The summed E-state index contributed by atoms with van der Waals surface area (Å²) >= 11 is 0. The number of guanidine groups is 1. The molecule has 7 nitrogen and oxygen atoms in total. The highest BCUT2D eigenvalue weighted by Crippen LogP contribution is 2.21. The van der Waals surface area contributed by atoms with Gasteiger partial charge in [-0.3, -0.25) is 9.79 Å². The second kappa shape index (κ2) is 8.77. The van der Waals surface area contributed by atoms with Crippen LogP contribution < -0.4 is 22.3 Å². The minimum absolute atomic E-state index is 0.0663. The highest BCUT2D eigenvalue weighted by Gasteiger charge is 2.18. The lowest BCUT2D eigenvalue weighted by Crippen LogP contribution is -2.23. The topological polar surface area (TPSA) is 122 Å². The lowest BCUT2D eigenvalue weighted by atomic mass is 9.95. The number of hydrogen-bond donors (Lipinski definition) is 4. The number of hydrogen-bond acceptors (Lipinski definition) is 4. The van der Waals surface area contributed by atoms with Gasteiger partial charge in [0.15, 0.2) is 5.96 Å². The maximum Gasteiger partial charge on any atom is 0.258 e. The molecule has 0 saturated carbocycles. The number of nitrogens with two attached hydrogens (primary N) is 2. The Labute approximate surface area is 158 Å². The fraction of sp³-hybridized carbons (Fsp3) is 0.421. The summed E-state index contributed by atoms with van der Waals surface area (Å²) < 4.78 is 14.4. The summed E-state index contributed by atoms with van der Waals surface area (Å²) in [7, 11) is 0. The fourth-order valence-corrected chi connectivity index (χ4v) is 2.48. The Morgan fingerprint density at radius 3 is 2.67 bits per heavy atom. The summed E-state index contributed by atoms with van der Waals surface area (Å²) in [5.74, 6) is 0.290. The maximum atomic E-state index is 14.4. The number of aliphatic imine (C=N–C) groups is 1. The minimum Gasteiger partial charge on any atom is -0.370 e. The summed E-state index contributed by atoms with van der Waals surface area (Å²) in [6, 6.07) is 4.76. The van der Waals surface area contributed by atoms with Gasteiger partial charge in [-0.05, 0) is 24.6 Å². The van der Waals surface area contributed by atoms with Crippen LogP contribution in [0.5, 0.6) is 0 Å². The molecule has 8 heteroatoms. The van der Waals surface area contributed by atoms with Gasteiger partial charge in [0.25, 0.3) is 5.56 Å². The molecule has 0 spiro atoms. The molecule has 0 aliphatic rings. The highest BCUT2D eigenvalue weighted by molar-refractivity contribution is 5.75. The molecule has 2 aromatic rings. The molecule has 0 unspecified atom stereocenters. The van der Waals surface area contributed by atoms with Crippen molar-refractivity contribution in [2.75, 3.05) is 13.1 Å². The van der Waals surface area contributed by atoms with Crippen molar-refractivity contribution in [1.82, 2.24) is 15.3 Å². The number of aromatic nitrogens is 2. The van der Waals surface area contributed by atoms with E-state index in [9.17, 15) is 9.18 Å². The summed E-state index contributed by atoms with van der Waals surface area (Å²) in [5, 5.41) is 3.14. The monoisotopic (exact) mass is 374 g/mol. The molecule has 6 N–H and O–H groups in total. The van der Waals surface area contributed by atoms with E-state index in [0.717, 1.165) is 6.42 Å². The lowest BCUT2D eigenvalue weighted by Gasteiger charge is -2.17. The highest BCUT2D eigenvalue weighted by atomic mass is 19.1. The van der Waals surface area contributed by atoms with Gasteiger partial charge in [0.2, 0.25) is 0 Å². The van der Waals surface area contributed by atoms with Crippen molar-refractivity contribution in [3.63, 3.8) is 0 Å². The van der Waals surface area contributed by atoms with Gasteiger partial charge in [-0.1, -0.05) is 32.9 Å². The molecule has 1 aromatic heterocycles. The van der Waals surface area contributed by atoms with E-state index in [1.165, 1.54) is 12.3 Å². The Hall–Kier alpha value is -2.74. The molecule has 0 fully saturated rings. The molecule has 2 rings (SSSR count). The Morgan fingerprint density at radius 1 is 1.33 bits per heavy atom. The van der Waals surface area contributed by atoms with E-state index in [1.807, 2.05) is 20.8 Å². The largest absolute Gasteiger partial charge is 0.370 e. The normalized spacial score (nSPS) is 11.4. The van der Waals surface area contributed by atoms with Crippen LogP contribution >= 0.6 is 0 Å². The van der Waals surface area contributed by atoms with E-state index in [0.29, 0.717) is 42.1 Å².